The summed E-state index contributed by atoms with van der Waals surface area (Å²) in [6.45, 7) is 2.75. The van der Waals surface area contributed by atoms with Gasteiger partial charge in [-0.15, -0.1) is 0 Å². The summed E-state index contributed by atoms with van der Waals surface area (Å²) in [4.78, 5) is 30.3. The highest BCUT2D eigenvalue weighted by Gasteiger charge is 2.23. The molecule has 0 radical (unpaired) electrons. The van der Waals surface area contributed by atoms with Crippen molar-refractivity contribution < 1.29 is 14.3 Å². The lowest BCUT2D eigenvalue weighted by Gasteiger charge is -2.26. The van der Waals surface area contributed by atoms with Crippen LogP contribution in [-0.2, 0) is 9.53 Å². The van der Waals surface area contributed by atoms with Crippen LogP contribution in [0.2, 0.25) is 0 Å². The maximum atomic E-state index is 12.8. The molecule has 0 bridgehead atoms. The number of nitrogens with zero attached hydrogens (tertiary/aromatic N) is 2. The largest absolute Gasteiger partial charge is 0.469 e. The van der Waals surface area contributed by atoms with E-state index in [0.29, 0.717) is 18.7 Å². The molecule has 0 N–H and O–H groups in total. The molecule has 1 aliphatic rings. The molecular formula is C19H26N2O3. The van der Waals surface area contributed by atoms with Gasteiger partial charge < -0.3 is 9.64 Å². The lowest BCUT2D eigenvalue weighted by molar-refractivity contribution is -0.145. The van der Waals surface area contributed by atoms with E-state index in [9.17, 15) is 9.59 Å². The number of hydrogen-bond donors (Lipinski definition) is 0. The van der Waals surface area contributed by atoms with E-state index in [4.69, 9.17) is 4.74 Å². The minimum absolute atomic E-state index is 0.0877. The third-order valence-electron chi connectivity index (χ3n) is 4.38. The molecule has 2 rings (SSSR count). The lowest BCUT2D eigenvalue weighted by atomic mass is 9.97. The third kappa shape index (κ3) is 5.18. The van der Waals surface area contributed by atoms with Crippen molar-refractivity contribution in [2.24, 2.45) is 5.92 Å². The van der Waals surface area contributed by atoms with Crippen LogP contribution in [0.3, 0.4) is 0 Å². The van der Waals surface area contributed by atoms with E-state index >= 15 is 0 Å². The molecule has 0 saturated heterocycles. The first-order valence-electron chi connectivity index (χ1n) is 8.57. The second kappa shape index (κ2) is 9.21. The van der Waals surface area contributed by atoms with Gasteiger partial charge >= 0.3 is 5.97 Å². The molecule has 130 valence electrons. The van der Waals surface area contributed by atoms with Crippen molar-refractivity contribution in [1.29, 1.82) is 0 Å². The van der Waals surface area contributed by atoms with E-state index in [-0.39, 0.29) is 17.8 Å². The molecule has 1 aliphatic carbocycles. The number of methoxy groups -OCH3 is 1. The molecule has 1 unspecified atom stereocenters. The Labute approximate surface area is 143 Å². The Morgan fingerprint density at radius 3 is 2.83 bits per heavy atom. The highest BCUT2D eigenvalue weighted by atomic mass is 16.5. The van der Waals surface area contributed by atoms with Gasteiger partial charge in [-0.1, -0.05) is 18.6 Å². The van der Waals surface area contributed by atoms with Crippen molar-refractivity contribution >= 4 is 11.9 Å². The zero-order valence-electron chi connectivity index (χ0n) is 14.5. The Hall–Kier alpha value is -2.17. The summed E-state index contributed by atoms with van der Waals surface area (Å²) in [6, 6.07) is 3.50. The van der Waals surface area contributed by atoms with Gasteiger partial charge in [0.05, 0.1) is 18.6 Å². The number of pyridine rings is 1. The molecule has 1 atom stereocenters. The molecule has 5 nitrogen and oxygen atoms in total. The normalized spacial score (nSPS) is 15.3. The van der Waals surface area contributed by atoms with Gasteiger partial charge in [0.2, 0.25) is 0 Å². The summed E-state index contributed by atoms with van der Waals surface area (Å²) >= 11 is 0. The number of amides is 1. The fourth-order valence-corrected chi connectivity index (χ4v) is 2.96. The Balaban J connectivity index is 2.06. The van der Waals surface area contributed by atoms with Crippen molar-refractivity contribution in [2.45, 2.75) is 39.0 Å². The summed E-state index contributed by atoms with van der Waals surface area (Å²) in [7, 11) is 1.37. The number of rotatable bonds is 7. The van der Waals surface area contributed by atoms with E-state index in [1.807, 2.05) is 0 Å². The first-order valence-corrected chi connectivity index (χ1v) is 8.57. The van der Waals surface area contributed by atoms with Crippen molar-refractivity contribution in [3.05, 3.63) is 41.7 Å². The van der Waals surface area contributed by atoms with Crippen LogP contribution in [0.25, 0.3) is 0 Å². The number of carbonyl (C=O) groups excluding carboxylic acids is 2. The zero-order chi connectivity index (χ0) is 17.4. The molecule has 0 aromatic carbocycles. The average Bonchev–Trinajstić information content (AvgIpc) is 2.65. The number of ether oxygens (including phenoxy) is 1. The number of allylic oxidation sites excluding steroid dienone is 1. The maximum absolute atomic E-state index is 12.8. The van der Waals surface area contributed by atoms with Crippen LogP contribution in [0.15, 0.2) is 36.2 Å². The predicted octanol–water partition coefficient (Wildman–Crippen LogP) is 3.22. The van der Waals surface area contributed by atoms with E-state index in [1.54, 1.807) is 36.4 Å². The third-order valence-corrected chi connectivity index (χ3v) is 4.38. The lowest BCUT2D eigenvalue weighted by Crippen LogP contribution is -2.38. The molecule has 1 heterocycles. The monoisotopic (exact) mass is 330 g/mol. The molecule has 1 aromatic heterocycles. The SMILES string of the molecule is COC(=O)C(C)CN(CCC1=CCCCC1)C(=O)c1cccnc1. The molecule has 0 aliphatic heterocycles. The summed E-state index contributed by atoms with van der Waals surface area (Å²) in [5.41, 5.74) is 1.96. The van der Waals surface area contributed by atoms with Crippen LogP contribution in [0.1, 0.15) is 49.4 Å². The quantitative estimate of drug-likeness (QED) is 0.569. The first kappa shape index (κ1) is 18.2. The molecule has 1 aromatic rings. The highest BCUT2D eigenvalue weighted by Crippen LogP contribution is 2.21. The molecule has 5 heteroatoms. The van der Waals surface area contributed by atoms with Crippen molar-refractivity contribution in [1.82, 2.24) is 9.88 Å². The highest BCUT2D eigenvalue weighted by molar-refractivity contribution is 5.94. The van der Waals surface area contributed by atoms with E-state index in [1.165, 1.54) is 25.5 Å². The summed E-state index contributed by atoms with van der Waals surface area (Å²) in [6.07, 6.45) is 11.1. The smallest absolute Gasteiger partial charge is 0.310 e. The first-order chi connectivity index (χ1) is 11.6. The van der Waals surface area contributed by atoms with Gasteiger partial charge in [-0.25, -0.2) is 0 Å². The summed E-state index contributed by atoms with van der Waals surface area (Å²) in [5, 5.41) is 0. The Kier molecular flexibility index (Phi) is 6.97. The Morgan fingerprint density at radius 2 is 2.21 bits per heavy atom. The minimum atomic E-state index is -0.351. The standard InChI is InChI=1S/C19H26N2O3/c1-15(19(23)24-2)14-21(12-10-16-7-4-3-5-8-16)18(22)17-9-6-11-20-13-17/h6-7,9,11,13,15H,3-5,8,10,12,14H2,1-2H3. The molecule has 24 heavy (non-hydrogen) atoms. The summed E-state index contributed by atoms with van der Waals surface area (Å²) < 4.78 is 4.79. The van der Waals surface area contributed by atoms with Gasteiger partial charge in [0.1, 0.15) is 0 Å². The maximum Gasteiger partial charge on any atom is 0.310 e. The van der Waals surface area contributed by atoms with Gasteiger partial charge in [-0.3, -0.25) is 14.6 Å². The van der Waals surface area contributed by atoms with Crippen molar-refractivity contribution in [3.8, 4) is 0 Å². The molecular weight excluding hydrogens is 304 g/mol. The van der Waals surface area contributed by atoms with Crippen molar-refractivity contribution in [2.75, 3.05) is 20.2 Å². The van der Waals surface area contributed by atoms with Gasteiger partial charge in [0.15, 0.2) is 0 Å². The van der Waals surface area contributed by atoms with Crippen molar-refractivity contribution in [3.63, 3.8) is 0 Å². The molecule has 0 spiro atoms. The van der Waals surface area contributed by atoms with E-state index < -0.39 is 0 Å². The van der Waals surface area contributed by atoms with Gasteiger partial charge in [0, 0.05) is 25.5 Å². The van der Waals surface area contributed by atoms with Crippen LogP contribution in [0.5, 0.6) is 0 Å². The van der Waals surface area contributed by atoms with E-state index in [0.717, 1.165) is 19.3 Å². The van der Waals surface area contributed by atoms with Gasteiger partial charge in [-0.2, -0.15) is 0 Å². The van der Waals surface area contributed by atoms with Crippen LogP contribution < -0.4 is 0 Å². The molecule has 0 fully saturated rings. The topological polar surface area (TPSA) is 59.5 Å². The molecule has 1 amide bonds. The fourth-order valence-electron chi connectivity index (χ4n) is 2.96. The van der Waals surface area contributed by atoms with Crippen LogP contribution >= 0.6 is 0 Å². The minimum Gasteiger partial charge on any atom is -0.469 e. The van der Waals surface area contributed by atoms with Gasteiger partial charge in [-0.05, 0) is 44.2 Å². The number of carbonyl (C=O) groups is 2. The zero-order valence-corrected chi connectivity index (χ0v) is 14.5. The second-order valence-electron chi connectivity index (χ2n) is 6.28. The van der Waals surface area contributed by atoms with E-state index in [2.05, 4.69) is 11.1 Å². The number of aromatic nitrogens is 1. The average molecular weight is 330 g/mol. The van der Waals surface area contributed by atoms with Crippen LogP contribution in [-0.4, -0.2) is 42.0 Å². The number of hydrogen-bond acceptors (Lipinski definition) is 4. The van der Waals surface area contributed by atoms with Crippen LogP contribution in [0, 0.1) is 5.92 Å². The van der Waals surface area contributed by atoms with Crippen LogP contribution in [0.4, 0.5) is 0 Å². The fraction of sp³-hybridized carbons (Fsp3) is 0.526. The second-order valence-corrected chi connectivity index (χ2v) is 6.28. The summed E-state index contributed by atoms with van der Waals surface area (Å²) in [5.74, 6) is -0.734. The Bertz CT molecular complexity index is 584. The predicted molar refractivity (Wildman–Crippen MR) is 92.5 cm³/mol. The number of esters is 1. The molecule has 0 saturated carbocycles. The van der Waals surface area contributed by atoms with Gasteiger partial charge in [0.25, 0.3) is 5.91 Å². The Morgan fingerprint density at radius 1 is 1.38 bits per heavy atom.